The fourth-order valence-corrected chi connectivity index (χ4v) is 3.46. The third-order valence-corrected chi connectivity index (χ3v) is 4.95. The predicted molar refractivity (Wildman–Crippen MR) is 109 cm³/mol. The van der Waals surface area contributed by atoms with Crippen molar-refractivity contribution in [3.8, 4) is 17.2 Å². The Morgan fingerprint density at radius 3 is 2.54 bits per heavy atom. The molecule has 1 heterocycles. The van der Waals surface area contributed by atoms with Crippen molar-refractivity contribution in [3.63, 3.8) is 0 Å². The molecule has 2 aromatic carbocycles. The van der Waals surface area contributed by atoms with Gasteiger partial charge >= 0.3 is 0 Å². The van der Waals surface area contributed by atoms with Crippen LogP contribution in [0.2, 0.25) is 0 Å². The fraction of sp³-hybridized carbons (Fsp3) is 0.435. The number of amides is 1. The summed E-state index contributed by atoms with van der Waals surface area (Å²) in [6.45, 7) is 8.02. The lowest BCUT2D eigenvalue weighted by Gasteiger charge is -2.38. The Bertz CT molecular complexity index is 829. The topological polar surface area (TPSA) is 56.8 Å². The summed E-state index contributed by atoms with van der Waals surface area (Å²) in [7, 11) is 1.63. The molecule has 0 saturated heterocycles. The molecule has 1 aliphatic heterocycles. The number of hydrogen-bond donors (Lipinski definition) is 1. The van der Waals surface area contributed by atoms with E-state index in [1.54, 1.807) is 7.11 Å². The number of nitrogens with one attached hydrogen (secondary N) is 1. The second-order valence-corrected chi connectivity index (χ2v) is 7.86. The number of hydrogen-bond acceptors (Lipinski definition) is 4. The van der Waals surface area contributed by atoms with Crippen LogP contribution in [0.1, 0.15) is 50.8 Å². The third-order valence-electron chi connectivity index (χ3n) is 4.95. The standard InChI is InChI=1S/C23H29NO4/c1-6-20(27-16-9-7-15(2)8-10-16)22(25)24-19-14-23(3,4)28-21-12-11-17(26-5)13-18(19)21/h7-13,19-20H,6,14H2,1-5H3,(H,24,25)/t19-,20+/m0/s1. The highest BCUT2D eigenvalue weighted by atomic mass is 16.5. The van der Waals surface area contributed by atoms with Crippen molar-refractivity contribution in [1.82, 2.24) is 5.32 Å². The summed E-state index contributed by atoms with van der Waals surface area (Å²) in [5.41, 5.74) is 1.70. The van der Waals surface area contributed by atoms with Gasteiger partial charge in [0.1, 0.15) is 22.8 Å². The molecule has 150 valence electrons. The number of benzene rings is 2. The van der Waals surface area contributed by atoms with Crippen molar-refractivity contribution in [2.75, 3.05) is 7.11 Å². The molecule has 5 nitrogen and oxygen atoms in total. The summed E-state index contributed by atoms with van der Waals surface area (Å²) >= 11 is 0. The average Bonchev–Trinajstić information content (AvgIpc) is 2.66. The molecule has 0 bridgehead atoms. The summed E-state index contributed by atoms with van der Waals surface area (Å²) in [4.78, 5) is 13.0. The normalized spacial score (nSPS) is 18.4. The third kappa shape index (κ3) is 4.58. The van der Waals surface area contributed by atoms with Crippen molar-refractivity contribution in [2.45, 2.75) is 58.3 Å². The van der Waals surface area contributed by atoms with E-state index in [4.69, 9.17) is 14.2 Å². The first-order chi connectivity index (χ1) is 13.3. The van der Waals surface area contributed by atoms with Gasteiger partial charge in [0.25, 0.3) is 5.91 Å². The van der Waals surface area contributed by atoms with Crippen LogP contribution in [0.5, 0.6) is 17.2 Å². The number of carbonyl (C=O) groups excluding carboxylic acids is 1. The lowest BCUT2D eigenvalue weighted by molar-refractivity contribution is -0.129. The van der Waals surface area contributed by atoms with E-state index >= 15 is 0 Å². The van der Waals surface area contributed by atoms with Crippen molar-refractivity contribution in [1.29, 1.82) is 0 Å². The van der Waals surface area contributed by atoms with Crippen LogP contribution >= 0.6 is 0 Å². The molecule has 2 atom stereocenters. The minimum atomic E-state index is -0.553. The maximum absolute atomic E-state index is 13.0. The second-order valence-electron chi connectivity index (χ2n) is 7.86. The van der Waals surface area contributed by atoms with E-state index in [2.05, 4.69) is 5.32 Å². The zero-order valence-electron chi connectivity index (χ0n) is 17.2. The molecular formula is C23H29NO4. The molecule has 3 rings (SSSR count). The van der Waals surface area contributed by atoms with Gasteiger partial charge in [0.05, 0.1) is 13.2 Å². The van der Waals surface area contributed by atoms with Gasteiger partial charge in [-0.05, 0) is 57.5 Å². The van der Waals surface area contributed by atoms with E-state index in [-0.39, 0.29) is 17.6 Å². The molecule has 5 heteroatoms. The lowest BCUT2D eigenvalue weighted by Crippen LogP contribution is -2.45. The summed E-state index contributed by atoms with van der Waals surface area (Å²) in [5.74, 6) is 2.08. The molecular weight excluding hydrogens is 354 g/mol. The van der Waals surface area contributed by atoms with E-state index in [0.29, 0.717) is 18.6 Å². The summed E-state index contributed by atoms with van der Waals surface area (Å²) < 4.78 is 17.4. The van der Waals surface area contributed by atoms with Gasteiger partial charge in [-0.15, -0.1) is 0 Å². The van der Waals surface area contributed by atoms with Crippen LogP contribution < -0.4 is 19.5 Å². The summed E-state index contributed by atoms with van der Waals surface area (Å²) in [6, 6.07) is 13.3. The smallest absolute Gasteiger partial charge is 0.261 e. The van der Waals surface area contributed by atoms with Crippen LogP contribution in [0.25, 0.3) is 0 Å². The average molecular weight is 383 g/mol. The van der Waals surface area contributed by atoms with Crippen molar-refractivity contribution < 1.29 is 19.0 Å². The monoisotopic (exact) mass is 383 g/mol. The zero-order valence-corrected chi connectivity index (χ0v) is 17.2. The fourth-order valence-electron chi connectivity index (χ4n) is 3.46. The molecule has 28 heavy (non-hydrogen) atoms. The van der Waals surface area contributed by atoms with E-state index < -0.39 is 6.10 Å². The van der Waals surface area contributed by atoms with Gasteiger partial charge in [0.2, 0.25) is 0 Å². The van der Waals surface area contributed by atoms with E-state index in [9.17, 15) is 4.79 Å². The molecule has 2 aromatic rings. The van der Waals surface area contributed by atoms with Crippen molar-refractivity contribution in [3.05, 3.63) is 53.6 Å². The molecule has 0 saturated carbocycles. The first-order valence-corrected chi connectivity index (χ1v) is 9.72. The Morgan fingerprint density at radius 2 is 1.89 bits per heavy atom. The zero-order chi connectivity index (χ0) is 20.3. The number of ether oxygens (including phenoxy) is 3. The minimum Gasteiger partial charge on any atom is -0.497 e. The van der Waals surface area contributed by atoms with Crippen molar-refractivity contribution in [2.24, 2.45) is 0 Å². The van der Waals surface area contributed by atoms with Gasteiger partial charge < -0.3 is 19.5 Å². The highest BCUT2D eigenvalue weighted by molar-refractivity contribution is 5.81. The van der Waals surface area contributed by atoms with E-state index in [1.807, 2.05) is 70.2 Å². The van der Waals surface area contributed by atoms with Crippen molar-refractivity contribution >= 4 is 5.91 Å². The molecule has 0 aliphatic carbocycles. The highest BCUT2D eigenvalue weighted by Gasteiger charge is 2.36. The van der Waals surface area contributed by atoms with Gasteiger partial charge in [0, 0.05) is 12.0 Å². The van der Waals surface area contributed by atoms with Gasteiger partial charge in [0.15, 0.2) is 6.10 Å². The largest absolute Gasteiger partial charge is 0.497 e. The number of carbonyl (C=O) groups is 1. The number of aryl methyl sites for hydroxylation is 1. The molecule has 1 N–H and O–H groups in total. The molecule has 0 aromatic heterocycles. The van der Waals surface area contributed by atoms with Gasteiger partial charge in [-0.25, -0.2) is 0 Å². The summed E-state index contributed by atoms with van der Waals surface area (Å²) in [5, 5.41) is 3.17. The van der Waals surface area contributed by atoms with Crippen LogP contribution in [-0.2, 0) is 4.79 Å². The van der Waals surface area contributed by atoms with Crippen LogP contribution in [-0.4, -0.2) is 24.7 Å². The predicted octanol–water partition coefficient (Wildman–Crippen LogP) is 4.58. The number of rotatable bonds is 6. The Labute approximate surface area is 167 Å². The van der Waals surface area contributed by atoms with E-state index in [0.717, 1.165) is 22.6 Å². The van der Waals surface area contributed by atoms with Gasteiger partial charge in [-0.1, -0.05) is 24.6 Å². The van der Waals surface area contributed by atoms with Crippen LogP contribution in [0, 0.1) is 6.92 Å². The Balaban J connectivity index is 1.79. The first kappa shape index (κ1) is 20.1. The highest BCUT2D eigenvalue weighted by Crippen LogP contribution is 2.41. The maximum Gasteiger partial charge on any atom is 0.261 e. The molecule has 1 aliphatic rings. The van der Waals surface area contributed by atoms with E-state index in [1.165, 1.54) is 0 Å². The Morgan fingerprint density at radius 1 is 1.21 bits per heavy atom. The molecule has 0 unspecified atom stereocenters. The molecule has 1 amide bonds. The first-order valence-electron chi connectivity index (χ1n) is 9.72. The number of fused-ring (bicyclic) bond motifs is 1. The van der Waals surface area contributed by atoms with Gasteiger partial charge in [-0.3, -0.25) is 4.79 Å². The quantitative estimate of drug-likeness (QED) is 0.793. The lowest BCUT2D eigenvalue weighted by atomic mass is 9.89. The van der Waals surface area contributed by atoms with Gasteiger partial charge in [-0.2, -0.15) is 0 Å². The Hall–Kier alpha value is -2.69. The van der Waals surface area contributed by atoms with Crippen LogP contribution in [0.4, 0.5) is 0 Å². The molecule has 0 spiro atoms. The van der Waals surface area contributed by atoms with Crippen LogP contribution in [0.3, 0.4) is 0 Å². The maximum atomic E-state index is 13.0. The summed E-state index contributed by atoms with van der Waals surface area (Å²) in [6.07, 6.45) is 0.694. The number of methoxy groups -OCH3 is 1. The molecule has 0 fully saturated rings. The molecule has 0 radical (unpaired) electrons. The Kier molecular flexibility index (Phi) is 5.82. The second kappa shape index (κ2) is 8.13. The minimum absolute atomic E-state index is 0.125. The van der Waals surface area contributed by atoms with Crippen LogP contribution in [0.15, 0.2) is 42.5 Å². The SMILES string of the molecule is CC[C@@H](Oc1ccc(C)cc1)C(=O)N[C@H]1CC(C)(C)Oc2ccc(OC)cc21.